The van der Waals surface area contributed by atoms with Gasteiger partial charge in [0, 0.05) is 30.0 Å². The van der Waals surface area contributed by atoms with Crippen LogP contribution in [0, 0.1) is 12.8 Å². The third-order valence-electron chi connectivity index (χ3n) is 3.91. The number of carbonyl (C=O) groups is 3. The number of nitrogens with zero attached hydrogens (tertiary/aromatic N) is 2. The highest BCUT2D eigenvalue weighted by Gasteiger charge is 2.11. The molecule has 156 valence electrons. The first-order chi connectivity index (χ1) is 13.8. The molecule has 0 fully saturated rings. The predicted molar refractivity (Wildman–Crippen MR) is 110 cm³/mol. The molecule has 5 N–H and O–H groups in total. The number of amides is 4. The van der Waals surface area contributed by atoms with E-state index in [0.717, 1.165) is 5.56 Å². The Balaban J connectivity index is 1.95. The molecule has 10 heteroatoms. The van der Waals surface area contributed by atoms with Crippen LogP contribution in [0.3, 0.4) is 0 Å². The molecular weight excluding hydrogens is 376 g/mol. The summed E-state index contributed by atoms with van der Waals surface area (Å²) >= 11 is 0. The average Bonchev–Trinajstić information content (AvgIpc) is 3.09. The van der Waals surface area contributed by atoms with E-state index in [-0.39, 0.29) is 37.4 Å². The summed E-state index contributed by atoms with van der Waals surface area (Å²) in [5, 5.41) is 23.4. The fraction of sp³-hybridized carbons (Fsp3) is 0.368. The quantitative estimate of drug-likeness (QED) is 0.456. The Labute approximate surface area is 168 Å². The summed E-state index contributed by atoms with van der Waals surface area (Å²) in [5.41, 5.74) is 2.39. The van der Waals surface area contributed by atoms with Gasteiger partial charge in [-0.2, -0.15) is 5.10 Å². The van der Waals surface area contributed by atoms with Crippen LogP contribution in [0.4, 0.5) is 21.9 Å². The number of aryl methyl sites for hydroxylation is 1. The Morgan fingerprint density at radius 3 is 2.59 bits per heavy atom. The van der Waals surface area contributed by atoms with Crippen LogP contribution >= 0.6 is 0 Å². The zero-order valence-corrected chi connectivity index (χ0v) is 16.7. The first-order valence-electron chi connectivity index (χ1n) is 9.18. The molecule has 0 aliphatic rings. The molecule has 2 aromatic rings. The van der Waals surface area contributed by atoms with E-state index in [9.17, 15) is 14.4 Å². The van der Waals surface area contributed by atoms with Gasteiger partial charge in [-0.25, -0.2) is 4.79 Å². The normalized spacial score (nSPS) is 10.5. The number of anilines is 3. The minimum atomic E-state index is -0.482. The molecule has 0 saturated heterocycles. The molecule has 0 bridgehead atoms. The van der Waals surface area contributed by atoms with Crippen LogP contribution < -0.4 is 21.3 Å². The zero-order chi connectivity index (χ0) is 21.4. The summed E-state index contributed by atoms with van der Waals surface area (Å²) in [6, 6.07) is 4.77. The van der Waals surface area contributed by atoms with Crippen LogP contribution in [-0.2, 0) is 16.1 Å². The molecule has 0 spiro atoms. The second-order valence-corrected chi connectivity index (χ2v) is 6.75. The molecule has 4 amide bonds. The zero-order valence-electron chi connectivity index (χ0n) is 16.7. The molecule has 1 heterocycles. The standard InChI is InChI=1S/C19H26N6O4/c1-12(2)18(28)22-14-5-4-13(3)16(8-14)24-19(29)23-15-9-21-25(10-15)11-17(27)20-6-7-26/h4-5,8-10,12,26H,6-7,11H2,1-3H3,(H,20,27)(H,22,28)(H2,23,24,29). The Kier molecular flexibility index (Phi) is 7.72. The number of nitrogens with one attached hydrogen (secondary N) is 4. The van der Waals surface area contributed by atoms with E-state index in [1.54, 1.807) is 32.0 Å². The van der Waals surface area contributed by atoms with Crippen LogP contribution in [0.2, 0.25) is 0 Å². The van der Waals surface area contributed by atoms with Gasteiger partial charge in [0.05, 0.1) is 18.5 Å². The van der Waals surface area contributed by atoms with Crippen molar-refractivity contribution in [1.82, 2.24) is 15.1 Å². The summed E-state index contributed by atoms with van der Waals surface area (Å²) in [7, 11) is 0. The van der Waals surface area contributed by atoms with Gasteiger partial charge in [-0.3, -0.25) is 14.3 Å². The fourth-order valence-corrected chi connectivity index (χ4v) is 2.32. The summed E-state index contributed by atoms with van der Waals surface area (Å²) < 4.78 is 1.37. The number of hydrogen-bond donors (Lipinski definition) is 5. The number of benzene rings is 1. The molecule has 0 unspecified atom stereocenters. The largest absolute Gasteiger partial charge is 0.395 e. The highest BCUT2D eigenvalue weighted by molar-refractivity contribution is 6.01. The monoisotopic (exact) mass is 402 g/mol. The van der Waals surface area contributed by atoms with Gasteiger partial charge in [-0.05, 0) is 24.6 Å². The molecular formula is C19H26N6O4. The SMILES string of the molecule is Cc1ccc(NC(=O)C(C)C)cc1NC(=O)Nc1cnn(CC(=O)NCCO)c1. The van der Waals surface area contributed by atoms with Crippen molar-refractivity contribution in [2.75, 3.05) is 29.1 Å². The summed E-state index contributed by atoms with van der Waals surface area (Å²) in [6.07, 6.45) is 2.94. The molecule has 0 aliphatic carbocycles. The first kappa shape index (κ1) is 21.9. The Hall–Kier alpha value is -3.40. The molecule has 0 aliphatic heterocycles. The van der Waals surface area contributed by atoms with E-state index in [0.29, 0.717) is 17.1 Å². The van der Waals surface area contributed by atoms with Gasteiger partial charge in [0.15, 0.2) is 0 Å². The van der Waals surface area contributed by atoms with Gasteiger partial charge in [0.25, 0.3) is 0 Å². The molecule has 1 aromatic heterocycles. The van der Waals surface area contributed by atoms with E-state index in [1.165, 1.54) is 17.1 Å². The van der Waals surface area contributed by atoms with E-state index in [4.69, 9.17) is 5.11 Å². The highest BCUT2D eigenvalue weighted by atomic mass is 16.3. The molecule has 0 radical (unpaired) electrons. The lowest BCUT2D eigenvalue weighted by Gasteiger charge is -2.13. The summed E-state index contributed by atoms with van der Waals surface area (Å²) in [4.78, 5) is 35.8. The predicted octanol–water partition coefficient (Wildman–Crippen LogP) is 1.54. The Bertz CT molecular complexity index is 877. The number of aromatic nitrogens is 2. The van der Waals surface area contributed by atoms with E-state index >= 15 is 0 Å². The van der Waals surface area contributed by atoms with Crippen molar-refractivity contribution < 1.29 is 19.5 Å². The van der Waals surface area contributed by atoms with Crippen molar-refractivity contribution in [2.45, 2.75) is 27.3 Å². The molecule has 2 rings (SSSR count). The molecule has 29 heavy (non-hydrogen) atoms. The fourth-order valence-electron chi connectivity index (χ4n) is 2.32. The van der Waals surface area contributed by atoms with E-state index < -0.39 is 6.03 Å². The van der Waals surface area contributed by atoms with Crippen molar-refractivity contribution in [3.8, 4) is 0 Å². The number of aliphatic hydroxyl groups excluding tert-OH is 1. The molecule has 0 atom stereocenters. The van der Waals surface area contributed by atoms with Gasteiger partial charge in [-0.15, -0.1) is 0 Å². The number of carbonyl (C=O) groups excluding carboxylic acids is 3. The molecule has 0 saturated carbocycles. The summed E-state index contributed by atoms with van der Waals surface area (Å²) in [6.45, 7) is 5.44. The Morgan fingerprint density at radius 2 is 1.90 bits per heavy atom. The smallest absolute Gasteiger partial charge is 0.323 e. The van der Waals surface area contributed by atoms with Crippen molar-refractivity contribution in [1.29, 1.82) is 0 Å². The van der Waals surface area contributed by atoms with Crippen molar-refractivity contribution in [3.05, 3.63) is 36.2 Å². The second kappa shape index (κ2) is 10.2. The maximum absolute atomic E-state index is 12.3. The van der Waals surface area contributed by atoms with Gasteiger partial charge < -0.3 is 26.4 Å². The minimum Gasteiger partial charge on any atom is -0.395 e. The highest BCUT2D eigenvalue weighted by Crippen LogP contribution is 2.21. The topological polar surface area (TPSA) is 137 Å². The lowest BCUT2D eigenvalue weighted by atomic mass is 10.1. The van der Waals surface area contributed by atoms with Gasteiger partial charge in [0.1, 0.15) is 6.54 Å². The van der Waals surface area contributed by atoms with Crippen molar-refractivity contribution in [3.63, 3.8) is 0 Å². The van der Waals surface area contributed by atoms with Crippen molar-refractivity contribution in [2.24, 2.45) is 5.92 Å². The number of aliphatic hydroxyl groups is 1. The van der Waals surface area contributed by atoms with Gasteiger partial charge in [0.2, 0.25) is 11.8 Å². The number of rotatable bonds is 8. The number of hydrogen-bond acceptors (Lipinski definition) is 5. The minimum absolute atomic E-state index is 0.0278. The third-order valence-corrected chi connectivity index (χ3v) is 3.91. The van der Waals surface area contributed by atoms with E-state index in [2.05, 4.69) is 26.4 Å². The van der Waals surface area contributed by atoms with Gasteiger partial charge in [-0.1, -0.05) is 19.9 Å². The average molecular weight is 402 g/mol. The second-order valence-electron chi connectivity index (χ2n) is 6.75. The maximum Gasteiger partial charge on any atom is 0.323 e. The Morgan fingerprint density at radius 1 is 1.14 bits per heavy atom. The molecule has 1 aromatic carbocycles. The van der Waals surface area contributed by atoms with Crippen LogP contribution in [0.5, 0.6) is 0 Å². The van der Waals surface area contributed by atoms with Crippen LogP contribution in [-0.4, -0.2) is 45.9 Å². The van der Waals surface area contributed by atoms with Crippen molar-refractivity contribution >= 4 is 34.9 Å². The first-order valence-corrected chi connectivity index (χ1v) is 9.18. The lowest BCUT2D eigenvalue weighted by Crippen LogP contribution is -2.30. The maximum atomic E-state index is 12.3. The number of urea groups is 1. The van der Waals surface area contributed by atoms with Crippen LogP contribution in [0.15, 0.2) is 30.6 Å². The lowest BCUT2D eigenvalue weighted by molar-refractivity contribution is -0.122. The van der Waals surface area contributed by atoms with E-state index in [1.807, 2.05) is 6.92 Å². The van der Waals surface area contributed by atoms with Crippen LogP contribution in [0.1, 0.15) is 19.4 Å². The molecule has 10 nitrogen and oxygen atoms in total. The van der Waals surface area contributed by atoms with Crippen LogP contribution in [0.25, 0.3) is 0 Å². The van der Waals surface area contributed by atoms with Gasteiger partial charge >= 0.3 is 6.03 Å². The summed E-state index contributed by atoms with van der Waals surface area (Å²) in [5.74, 6) is -0.563. The third kappa shape index (κ3) is 6.92.